The maximum atomic E-state index is 12.1. The average molecular weight is 310 g/mol. The number of halogens is 1. The molecular formula is C16H20ClNO3. The highest BCUT2D eigenvalue weighted by Crippen LogP contribution is 2.27. The van der Waals surface area contributed by atoms with Crippen molar-refractivity contribution in [3.63, 3.8) is 0 Å². The molecule has 0 spiro atoms. The summed E-state index contributed by atoms with van der Waals surface area (Å²) in [4.78, 5) is 22.9. The van der Waals surface area contributed by atoms with E-state index in [9.17, 15) is 9.59 Å². The van der Waals surface area contributed by atoms with Crippen molar-refractivity contribution in [2.45, 2.75) is 44.9 Å². The third kappa shape index (κ3) is 4.74. The Balaban J connectivity index is 1.94. The summed E-state index contributed by atoms with van der Waals surface area (Å²) in [6.07, 6.45) is 7.66. The number of nitrogens with one attached hydrogen (secondary N) is 1. The first-order valence-electron chi connectivity index (χ1n) is 7.39. The van der Waals surface area contributed by atoms with Crippen LogP contribution in [0.1, 0.15) is 55.3 Å². The van der Waals surface area contributed by atoms with Crippen molar-refractivity contribution in [1.82, 2.24) is 0 Å². The van der Waals surface area contributed by atoms with Gasteiger partial charge in [0.25, 0.3) is 0 Å². The molecule has 114 valence electrons. The van der Waals surface area contributed by atoms with Crippen molar-refractivity contribution in [3.05, 3.63) is 28.8 Å². The highest BCUT2D eigenvalue weighted by atomic mass is 35.5. The highest BCUT2D eigenvalue weighted by molar-refractivity contribution is 6.34. The molecule has 1 aromatic rings. The number of anilines is 1. The van der Waals surface area contributed by atoms with Crippen molar-refractivity contribution in [2.24, 2.45) is 5.92 Å². The van der Waals surface area contributed by atoms with E-state index in [4.69, 9.17) is 16.7 Å². The van der Waals surface area contributed by atoms with Gasteiger partial charge in [0, 0.05) is 6.42 Å². The van der Waals surface area contributed by atoms with Crippen LogP contribution in [0.25, 0.3) is 0 Å². The predicted molar refractivity (Wildman–Crippen MR) is 82.9 cm³/mol. The number of benzene rings is 1. The summed E-state index contributed by atoms with van der Waals surface area (Å²) in [5.41, 5.74) is 0.585. The van der Waals surface area contributed by atoms with Gasteiger partial charge in [0.1, 0.15) is 0 Å². The molecule has 2 rings (SSSR count). The van der Waals surface area contributed by atoms with E-state index >= 15 is 0 Å². The second-order valence-electron chi connectivity index (χ2n) is 5.61. The van der Waals surface area contributed by atoms with Crippen LogP contribution in [0.5, 0.6) is 0 Å². The fourth-order valence-corrected chi connectivity index (χ4v) is 3.01. The average Bonchev–Trinajstić information content (AvgIpc) is 2.69. The molecule has 1 saturated carbocycles. The van der Waals surface area contributed by atoms with Gasteiger partial charge in [-0.25, -0.2) is 4.79 Å². The maximum Gasteiger partial charge on any atom is 0.335 e. The van der Waals surface area contributed by atoms with Gasteiger partial charge < -0.3 is 10.4 Å². The van der Waals surface area contributed by atoms with Gasteiger partial charge in [-0.3, -0.25) is 4.79 Å². The number of rotatable bonds is 4. The van der Waals surface area contributed by atoms with Gasteiger partial charge in [-0.15, -0.1) is 0 Å². The fourth-order valence-electron chi connectivity index (χ4n) is 2.78. The normalized spacial score (nSPS) is 16.2. The molecule has 1 aliphatic rings. The van der Waals surface area contributed by atoms with E-state index in [-0.39, 0.29) is 16.5 Å². The largest absolute Gasteiger partial charge is 0.478 e. The van der Waals surface area contributed by atoms with Crippen LogP contribution in [0, 0.1) is 5.92 Å². The number of carbonyl (C=O) groups is 2. The number of aromatic carboxylic acids is 1. The quantitative estimate of drug-likeness (QED) is 0.813. The van der Waals surface area contributed by atoms with Crippen LogP contribution in [0.2, 0.25) is 5.02 Å². The molecule has 5 heteroatoms. The molecule has 0 bridgehead atoms. The zero-order valence-corrected chi connectivity index (χ0v) is 12.7. The number of hydrogen-bond acceptors (Lipinski definition) is 2. The topological polar surface area (TPSA) is 66.4 Å². The lowest BCUT2D eigenvalue weighted by Crippen LogP contribution is -2.16. The molecule has 1 aromatic carbocycles. The van der Waals surface area contributed by atoms with Gasteiger partial charge in [0.05, 0.1) is 16.3 Å². The van der Waals surface area contributed by atoms with Gasteiger partial charge in [-0.05, 0) is 37.0 Å². The summed E-state index contributed by atoms with van der Waals surface area (Å²) in [6, 6.07) is 4.33. The minimum Gasteiger partial charge on any atom is -0.478 e. The molecule has 21 heavy (non-hydrogen) atoms. The summed E-state index contributed by atoms with van der Waals surface area (Å²) in [5.74, 6) is -0.635. The van der Waals surface area contributed by atoms with Crippen LogP contribution in [0.3, 0.4) is 0 Å². The number of carbonyl (C=O) groups excluding carboxylic acids is 1. The van der Waals surface area contributed by atoms with Gasteiger partial charge in [-0.1, -0.05) is 37.3 Å². The van der Waals surface area contributed by atoms with E-state index in [2.05, 4.69) is 5.32 Å². The molecule has 1 fully saturated rings. The molecule has 0 radical (unpaired) electrons. The Morgan fingerprint density at radius 3 is 2.43 bits per heavy atom. The second kappa shape index (κ2) is 7.46. The summed E-state index contributed by atoms with van der Waals surface area (Å²) in [5, 5.41) is 11.9. The fraction of sp³-hybridized carbons (Fsp3) is 0.500. The Bertz CT molecular complexity index is 522. The monoisotopic (exact) mass is 309 g/mol. The zero-order chi connectivity index (χ0) is 15.2. The van der Waals surface area contributed by atoms with Crippen LogP contribution in [-0.4, -0.2) is 17.0 Å². The van der Waals surface area contributed by atoms with Crippen molar-refractivity contribution >= 4 is 29.2 Å². The van der Waals surface area contributed by atoms with Crippen LogP contribution >= 0.6 is 11.6 Å². The third-order valence-corrected chi connectivity index (χ3v) is 4.25. The van der Waals surface area contributed by atoms with Crippen LogP contribution in [-0.2, 0) is 4.79 Å². The third-order valence-electron chi connectivity index (χ3n) is 3.94. The minimum absolute atomic E-state index is 0.0492. The summed E-state index contributed by atoms with van der Waals surface area (Å²) >= 11 is 6.01. The van der Waals surface area contributed by atoms with Crippen LogP contribution < -0.4 is 5.32 Å². The number of carboxylic acids is 1. The first-order valence-corrected chi connectivity index (χ1v) is 7.77. The zero-order valence-electron chi connectivity index (χ0n) is 11.9. The molecule has 0 aliphatic heterocycles. The van der Waals surface area contributed by atoms with Gasteiger partial charge in [0.2, 0.25) is 5.91 Å². The molecule has 1 aliphatic carbocycles. The van der Waals surface area contributed by atoms with E-state index in [0.29, 0.717) is 18.0 Å². The number of carboxylic acid groups (broad SMARTS) is 1. The van der Waals surface area contributed by atoms with Crippen molar-refractivity contribution in [3.8, 4) is 0 Å². The lowest BCUT2D eigenvalue weighted by atomic mass is 9.96. The standard InChI is InChI=1S/C16H20ClNO3/c17-13-10-12(16(20)21)7-8-14(13)18-15(19)9-11-5-3-1-2-4-6-11/h7-8,10-11H,1-6,9H2,(H,18,19)(H,20,21). The molecule has 2 N–H and O–H groups in total. The second-order valence-corrected chi connectivity index (χ2v) is 6.02. The molecular weight excluding hydrogens is 290 g/mol. The molecule has 0 aromatic heterocycles. The van der Waals surface area contributed by atoms with Crippen molar-refractivity contribution in [1.29, 1.82) is 0 Å². The Morgan fingerprint density at radius 1 is 1.19 bits per heavy atom. The van der Waals surface area contributed by atoms with Gasteiger partial charge >= 0.3 is 5.97 Å². The summed E-state index contributed by atoms with van der Waals surface area (Å²) in [6.45, 7) is 0. The number of hydrogen-bond donors (Lipinski definition) is 2. The summed E-state index contributed by atoms with van der Waals surface area (Å²) < 4.78 is 0. The molecule has 0 unspecified atom stereocenters. The molecule has 1 amide bonds. The number of amides is 1. The van der Waals surface area contributed by atoms with Gasteiger partial charge in [-0.2, -0.15) is 0 Å². The first-order chi connectivity index (χ1) is 10.1. The Hall–Kier alpha value is -1.55. The van der Waals surface area contributed by atoms with E-state index < -0.39 is 5.97 Å². The minimum atomic E-state index is -1.03. The van der Waals surface area contributed by atoms with Crippen LogP contribution in [0.15, 0.2) is 18.2 Å². The first kappa shape index (κ1) is 15.8. The molecule has 0 atom stereocenters. The van der Waals surface area contributed by atoms with E-state index in [0.717, 1.165) is 12.8 Å². The predicted octanol–water partition coefficient (Wildman–Crippen LogP) is 4.34. The smallest absolute Gasteiger partial charge is 0.335 e. The van der Waals surface area contributed by atoms with Crippen molar-refractivity contribution < 1.29 is 14.7 Å². The summed E-state index contributed by atoms with van der Waals surface area (Å²) in [7, 11) is 0. The Kier molecular flexibility index (Phi) is 5.62. The lowest BCUT2D eigenvalue weighted by molar-refractivity contribution is -0.117. The molecule has 0 heterocycles. The SMILES string of the molecule is O=C(CC1CCCCCC1)Nc1ccc(C(=O)O)cc1Cl. The molecule has 4 nitrogen and oxygen atoms in total. The van der Waals surface area contributed by atoms with E-state index in [1.807, 2.05) is 0 Å². The Labute approximate surface area is 129 Å². The highest BCUT2D eigenvalue weighted by Gasteiger charge is 2.17. The Morgan fingerprint density at radius 2 is 1.86 bits per heavy atom. The van der Waals surface area contributed by atoms with Crippen molar-refractivity contribution in [2.75, 3.05) is 5.32 Å². The molecule has 0 saturated heterocycles. The van der Waals surface area contributed by atoms with E-state index in [1.54, 1.807) is 0 Å². The lowest BCUT2D eigenvalue weighted by Gasteiger charge is -2.14. The van der Waals surface area contributed by atoms with E-state index in [1.165, 1.54) is 43.9 Å². The van der Waals surface area contributed by atoms with Crippen LogP contribution in [0.4, 0.5) is 5.69 Å². The maximum absolute atomic E-state index is 12.1. The van der Waals surface area contributed by atoms with Gasteiger partial charge in [0.15, 0.2) is 0 Å².